The highest BCUT2D eigenvalue weighted by Gasteiger charge is 2.24. The zero-order valence-electron chi connectivity index (χ0n) is 15.1. The second-order valence-electron chi connectivity index (χ2n) is 6.65. The number of carbonyl (C=O) groups excluding carboxylic acids is 1. The molecule has 1 N–H and O–H groups in total. The average Bonchev–Trinajstić information content (AvgIpc) is 2.78. The number of hydrogen-bond acceptors (Lipinski definition) is 5. The third-order valence-electron chi connectivity index (χ3n) is 4.34. The molecule has 0 fully saturated rings. The number of fused-ring (bicyclic) bond motifs is 1. The summed E-state index contributed by atoms with van der Waals surface area (Å²) in [5.74, 6) is 2.03. The van der Waals surface area contributed by atoms with Gasteiger partial charge in [-0.05, 0) is 37.5 Å². The Labute approximate surface area is 147 Å². The van der Waals surface area contributed by atoms with E-state index < -0.39 is 0 Å². The lowest BCUT2D eigenvalue weighted by molar-refractivity contribution is 0.0923. The van der Waals surface area contributed by atoms with Crippen LogP contribution >= 0.6 is 0 Å². The largest absolute Gasteiger partial charge is 0.490 e. The molecular formula is C19H24N2O4. The predicted molar refractivity (Wildman–Crippen MR) is 93.1 cm³/mol. The molecule has 2 heterocycles. The number of benzene rings is 1. The zero-order valence-corrected chi connectivity index (χ0v) is 15.1. The van der Waals surface area contributed by atoms with E-state index in [-0.39, 0.29) is 17.9 Å². The fourth-order valence-electron chi connectivity index (χ4n) is 3.03. The van der Waals surface area contributed by atoms with E-state index in [4.69, 9.17) is 14.0 Å². The average molecular weight is 344 g/mol. The van der Waals surface area contributed by atoms with Crippen LogP contribution in [-0.2, 0) is 0 Å². The van der Waals surface area contributed by atoms with Crippen molar-refractivity contribution in [3.8, 4) is 11.5 Å². The van der Waals surface area contributed by atoms with Gasteiger partial charge >= 0.3 is 0 Å². The third kappa shape index (κ3) is 3.62. The molecular weight excluding hydrogens is 320 g/mol. The highest BCUT2D eigenvalue weighted by Crippen LogP contribution is 2.34. The minimum atomic E-state index is -0.179. The first-order valence-corrected chi connectivity index (χ1v) is 8.60. The minimum absolute atomic E-state index is 0.154. The maximum atomic E-state index is 12.7. The molecule has 1 aromatic carbocycles. The van der Waals surface area contributed by atoms with Gasteiger partial charge in [-0.25, -0.2) is 0 Å². The van der Waals surface area contributed by atoms with Gasteiger partial charge in [0, 0.05) is 6.42 Å². The molecule has 1 amide bonds. The van der Waals surface area contributed by atoms with Crippen molar-refractivity contribution < 1.29 is 18.8 Å². The van der Waals surface area contributed by atoms with E-state index in [9.17, 15) is 4.79 Å². The lowest BCUT2D eigenvalue weighted by Crippen LogP contribution is -2.32. The number of carbonyl (C=O) groups is 1. The van der Waals surface area contributed by atoms with E-state index in [0.717, 1.165) is 23.5 Å². The van der Waals surface area contributed by atoms with E-state index in [1.165, 1.54) is 0 Å². The van der Waals surface area contributed by atoms with Gasteiger partial charge in [0.15, 0.2) is 11.5 Å². The molecule has 6 nitrogen and oxygen atoms in total. The maximum Gasteiger partial charge on any atom is 0.257 e. The van der Waals surface area contributed by atoms with Crippen LogP contribution in [-0.4, -0.2) is 24.3 Å². The Bertz CT molecular complexity index is 747. The topological polar surface area (TPSA) is 73.6 Å². The lowest BCUT2D eigenvalue weighted by atomic mass is 9.95. The molecule has 25 heavy (non-hydrogen) atoms. The summed E-state index contributed by atoms with van der Waals surface area (Å²) < 4.78 is 16.6. The molecule has 0 saturated heterocycles. The Kier molecular flexibility index (Phi) is 4.97. The summed E-state index contributed by atoms with van der Waals surface area (Å²) in [6, 6.07) is 5.69. The van der Waals surface area contributed by atoms with Crippen LogP contribution in [0.1, 0.15) is 53.7 Å². The quantitative estimate of drug-likeness (QED) is 0.918. The van der Waals surface area contributed by atoms with Crippen molar-refractivity contribution in [1.82, 2.24) is 10.5 Å². The van der Waals surface area contributed by atoms with Crippen molar-refractivity contribution in [3.63, 3.8) is 0 Å². The molecule has 0 saturated carbocycles. The number of aryl methyl sites for hydroxylation is 2. The molecule has 0 radical (unpaired) electrons. The Balaban J connectivity index is 1.87. The molecule has 1 aliphatic rings. The van der Waals surface area contributed by atoms with Gasteiger partial charge in [0.25, 0.3) is 5.91 Å². The molecule has 0 aliphatic carbocycles. The molecule has 0 unspecified atom stereocenters. The molecule has 0 bridgehead atoms. The monoisotopic (exact) mass is 344 g/mol. The Morgan fingerprint density at radius 3 is 2.52 bits per heavy atom. The van der Waals surface area contributed by atoms with Gasteiger partial charge in [0.05, 0.1) is 24.9 Å². The Morgan fingerprint density at radius 1 is 1.16 bits per heavy atom. The molecule has 2 aromatic rings. The van der Waals surface area contributed by atoms with Gasteiger partial charge < -0.3 is 19.3 Å². The molecule has 134 valence electrons. The smallest absolute Gasteiger partial charge is 0.257 e. The summed E-state index contributed by atoms with van der Waals surface area (Å²) in [5, 5.41) is 6.96. The minimum Gasteiger partial charge on any atom is -0.490 e. The van der Waals surface area contributed by atoms with Gasteiger partial charge in [-0.3, -0.25) is 4.79 Å². The number of nitrogens with zero attached hydrogens (tertiary/aromatic N) is 1. The van der Waals surface area contributed by atoms with Gasteiger partial charge in [0.2, 0.25) is 0 Å². The summed E-state index contributed by atoms with van der Waals surface area (Å²) >= 11 is 0. The lowest BCUT2D eigenvalue weighted by Gasteiger charge is -2.24. The Morgan fingerprint density at radius 2 is 1.88 bits per heavy atom. The molecule has 1 atom stereocenters. The van der Waals surface area contributed by atoms with Crippen molar-refractivity contribution >= 4 is 5.91 Å². The van der Waals surface area contributed by atoms with Crippen molar-refractivity contribution in [1.29, 1.82) is 0 Å². The van der Waals surface area contributed by atoms with Crippen LogP contribution in [0.2, 0.25) is 0 Å². The zero-order chi connectivity index (χ0) is 18.0. The van der Waals surface area contributed by atoms with Gasteiger partial charge in [-0.1, -0.05) is 25.1 Å². The van der Waals surface area contributed by atoms with E-state index >= 15 is 0 Å². The number of aromatic nitrogens is 1. The van der Waals surface area contributed by atoms with Gasteiger partial charge in [-0.15, -0.1) is 0 Å². The molecule has 1 aliphatic heterocycles. The molecule has 1 aromatic heterocycles. The molecule has 3 rings (SSSR count). The second-order valence-corrected chi connectivity index (χ2v) is 6.65. The fraction of sp³-hybridized carbons (Fsp3) is 0.474. The summed E-state index contributed by atoms with van der Waals surface area (Å²) in [4.78, 5) is 12.7. The van der Waals surface area contributed by atoms with Crippen molar-refractivity contribution in [2.24, 2.45) is 5.92 Å². The molecule has 6 heteroatoms. The van der Waals surface area contributed by atoms with Crippen LogP contribution in [0.25, 0.3) is 0 Å². The molecule has 0 spiro atoms. The number of ether oxygens (including phenoxy) is 2. The Hall–Kier alpha value is -2.50. The second kappa shape index (κ2) is 7.17. The van der Waals surface area contributed by atoms with Crippen molar-refractivity contribution in [2.45, 2.75) is 40.2 Å². The van der Waals surface area contributed by atoms with Gasteiger partial charge in [0.1, 0.15) is 11.3 Å². The highest BCUT2D eigenvalue weighted by molar-refractivity contribution is 5.96. The number of rotatable bonds is 4. The van der Waals surface area contributed by atoms with E-state index in [1.807, 2.05) is 18.2 Å². The van der Waals surface area contributed by atoms with Crippen LogP contribution in [0.15, 0.2) is 22.7 Å². The standard InChI is InChI=1S/C19H24N2O4/c1-11(2)18(20-19(22)17-12(3)21-25-13(17)4)14-6-7-15-16(10-14)24-9-5-8-23-15/h6-7,10-11,18H,5,8-9H2,1-4H3,(H,20,22)/t18-/m0/s1. The first kappa shape index (κ1) is 17.3. The predicted octanol–water partition coefficient (Wildman–Crippen LogP) is 3.58. The van der Waals surface area contributed by atoms with Crippen LogP contribution < -0.4 is 14.8 Å². The van der Waals surface area contributed by atoms with Crippen molar-refractivity contribution in [2.75, 3.05) is 13.2 Å². The number of nitrogens with one attached hydrogen (secondary N) is 1. The maximum absolute atomic E-state index is 12.7. The van der Waals surface area contributed by atoms with Crippen LogP contribution in [0.5, 0.6) is 11.5 Å². The first-order valence-electron chi connectivity index (χ1n) is 8.60. The third-order valence-corrected chi connectivity index (χ3v) is 4.34. The summed E-state index contributed by atoms with van der Waals surface area (Å²) in [6.07, 6.45) is 0.862. The van der Waals surface area contributed by atoms with Crippen LogP contribution in [0.3, 0.4) is 0 Å². The van der Waals surface area contributed by atoms with Crippen LogP contribution in [0.4, 0.5) is 0 Å². The van der Waals surface area contributed by atoms with E-state index in [0.29, 0.717) is 30.2 Å². The van der Waals surface area contributed by atoms with E-state index in [2.05, 4.69) is 24.3 Å². The summed E-state index contributed by atoms with van der Waals surface area (Å²) in [5.41, 5.74) is 2.08. The highest BCUT2D eigenvalue weighted by atomic mass is 16.5. The summed E-state index contributed by atoms with van der Waals surface area (Å²) in [6.45, 7) is 8.94. The van der Waals surface area contributed by atoms with Crippen LogP contribution in [0, 0.1) is 19.8 Å². The normalized spacial score (nSPS) is 14.9. The fourth-order valence-corrected chi connectivity index (χ4v) is 3.03. The first-order chi connectivity index (χ1) is 12.0. The SMILES string of the molecule is Cc1noc(C)c1C(=O)N[C@H](c1ccc2c(c1)OCCCO2)C(C)C. The van der Waals surface area contributed by atoms with Gasteiger partial charge in [-0.2, -0.15) is 0 Å². The van der Waals surface area contributed by atoms with Crippen molar-refractivity contribution in [3.05, 3.63) is 40.8 Å². The number of hydrogen-bond donors (Lipinski definition) is 1. The summed E-state index contributed by atoms with van der Waals surface area (Å²) in [7, 11) is 0. The van der Waals surface area contributed by atoms with E-state index in [1.54, 1.807) is 13.8 Å². The number of amides is 1.